The van der Waals surface area contributed by atoms with Crippen molar-refractivity contribution in [1.29, 1.82) is 0 Å². The van der Waals surface area contributed by atoms with Gasteiger partial charge < -0.3 is 10.3 Å². The number of nitrogens with two attached hydrogens (primary N) is 1. The van der Waals surface area contributed by atoms with Crippen LogP contribution < -0.4 is 5.73 Å². The molecule has 2 N–H and O–H groups in total. The molecule has 2 aromatic carbocycles. The number of aromatic nitrogens is 2. The van der Waals surface area contributed by atoms with Gasteiger partial charge in [0.15, 0.2) is 0 Å². The SMILES string of the molecule is Cn1c(-c2cccc(F)c2)nc2cc(CN)ccc21. The van der Waals surface area contributed by atoms with Crippen molar-refractivity contribution in [3.8, 4) is 11.4 Å². The first-order valence-corrected chi connectivity index (χ1v) is 6.10. The van der Waals surface area contributed by atoms with Gasteiger partial charge in [0, 0.05) is 19.2 Å². The smallest absolute Gasteiger partial charge is 0.140 e. The fourth-order valence-electron chi connectivity index (χ4n) is 2.26. The second kappa shape index (κ2) is 4.48. The standard InChI is InChI=1S/C15H14FN3/c1-19-14-6-5-10(9-17)7-13(14)18-15(19)11-3-2-4-12(16)8-11/h2-8H,9,17H2,1H3. The molecule has 0 unspecified atom stereocenters. The van der Waals surface area contributed by atoms with Crippen molar-refractivity contribution in [3.63, 3.8) is 0 Å². The molecule has 0 bridgehead atoms. The van der Waals surface area contributed by atoms with Gasteiger partial charge in [-0.05, 0) is 29.8 Å². The van der Waals surface area contributed by atoms with E-state index in [2.05, 4.69) is 4.98 Å². The molecule has 0 amide bonds. The molecule has 0 aliphatic rings. The summed E-state index contributed by atoms with van der Waals surface area (Å²) in [6.45, 7) is 0.488. The summed E-state index contributed by atoms with van der Waals surface area (Å²) in [6.07, 6.45) is 0. The summed E-state index contributed by atoms with van der Waals surface area (Å²) in [6, 6.07) is 12.4. The summed E-state index contributed by atoms with van der Waals surface area (Å²) in [5, 5.41) is 0. The van der Waals surface area contributed by atoms with Gasteiger partial charge in [-0.25, -0.2) is 9.37 Å². The second-order valence-corrected chi connectivity index (χ2v) is 4.53. The van der Waals surface area contributed by atoms with Crippen molar-refractivity contribution in [2.24, 2.45) is 12.8 Å². The molecular weight excluding hydrogens is 241 g/mol. The Balaban J connectivity index is 2.22. The van der Waals surface area contributed by atoms with Crippen LogP contribution in [0.1, 0.15) is 5.56 Å². The zero-order valence-corrected chi connectivity index (χ0v) is 10.6. The number of benzene rings is 2. The van der Waals surface area contributed by atoms with Crippen LogP contribution in [0.15, 0.2) is 42.5 Å². The van der Waals surface area contributed by atoms with Crippen LogP contribution in [0.25, 0.3) is 22.4 Å². The number of aryl methyl sites for hydroxylation is 1. The van der Waals surface area contributed by atoms with E-state index in [4.69, 9.17) is 5.73 Å². The van der Waals surface area contributed by atoms with Gasteiger partial charge in [-0.1, -0.05) is 18.2 Å². The Bertz CT molecular complexity index is 746. The predicted octanol–water partition coefficient (Wildman–Crippen LogP) is 2.84. The number of hydrogen-bond donors (Lipinski definition) is 1. The summed E-state index contributed by atoms with van der Waals surface area (Å²) in [7, 11) is 1.93. The highest BCUT2D eigenvalue weighted by Gasteiger charge is 2.10. The highest BCUT2D eigenvalue weighted by Crippen LogP contribution is 2.24. The highest BCUT2D eigenvalue weighted by molar-refractivity contribution is 5.81. The first-order valence-electron chi connectivity index (χ1n) is 6.10. The molecule has 4 heteroatoms. The molecule has 3 nitrogen and oxygen atoms in total. The van der Waals surface area contributed by atoms with Crippen molar-refractivity contribution < 1.29 is 4.39 Å². The van der Waals surface area contributed by atoms with Crippen molar-refractivity contribution in [3.05, 3.63) is 53.8 Å². The van der Waals surface area contributed by atoms with Gasteiger partial charge >= 0.3 is 0 Å². The lowest BCUT2D eigenvalue weighted by Crippen LogP contribution is -1.95. The fourth-order valence-corrected chi connectivity index (χ4v) is 2.26. The third-order valence-corrected chi connectivity index (χ3v) is 3.26. The molecule has 0 aliphatic heterocycles. The Kier molecular flexibility index (Phi) is 2.80. The van der Waals surface area contributed by atoms with Crippen LogP contribution in [0.3, 0.4) is 0 Å². The molecule has 0 aliphatic carbocycles. The molecule has 0 saturated heterocycles. The predicted molar refractivity (Wildman–Crippen MR) is 74.0 cm³/mol. The van der Waals surface area contributed by atoms with E-state index in [0.29, 0.717) is 6.54 Å². The highest BCUT2D eigenvalue weighted by atomic mass is 19.1. The molecule has 0 radical (unpaired) electrons. The van der Waals surface area contributed by atoms with E-state index in [9.17, 15) is 4.39 Å². The van der Waals surface area contributed by atoms with Crippen molar-refractivity contribution in [2.45, 2.75) is 6.54 Å². The fraction of sp³-hybridized carbons (Fsp3) is 0.133. The van der Waals surface area contributed by atoms with E-state index in [1.807, 2.05) is 35.9 Å². The van der Waals surface area contributed by atoms with Crippen LogP contribution in [0, 0.1) is 5.82 Å². The minimum Gasteiger partial charge on any atom is -0.327 e. The Labute approximate surface area is 110 Å². The van der Waals surface area contributed by atoms with Gasteiger partial charge in [0.05, 0.1) is 11.0 Å². The average molecular weight is 255 g/mol. The Morgan fingerprint density at radius 3 is 2.79 bits per heavy atom. The zero-order chi connectivity index (χ0) is 13.4. The number of imidazole rings is 1. The second-order valence-electron chi connectivity index (χ2n) is 4.53. The monoisotopic (exact) mass is 255 g/mol. The van der Waals surface area contributed by atoms with Gasteiger partial charge in [0.1, 0.15) is 11.6 Å². The van der Waals surface area contributed by atoms with Crippen LogP contribution in [0.2, 0.25) is 0 Å². The summed E-state index contributed by atoms with van der Waals surface area (Å²) in [4.78, 5) is 4.57. The van der Waals surface area contributed by atoms with Crippen LogP contribution in [-0.2, 0) is 13.6 Å². The number of hydrogen-bond acceptors (Lipinski definition) is 2. The molecule has 19 heavy (non-hydrogen) atoms. The summed E-state index contributed by atoms with van der Waals surface area (Å²) in [5.74, 6) is 0.496. The quantitative estimate of drug-likeness (QED) is 0.765. The number of fused-ring (bicyclic) bond motifs is 1. The van der Waals surface area contributed by atoms with E-state index in [-0.39, 0.29) is 5.82 Å². The van der Waals surface area contributed by atoms with Crippen molar-refractivity contribution in [1.82, 2.24) is 9.55 Å². The third-order valence-electron chi connectivity index (χ3n) is 3.26. The number of nitrogens with zero attached hydrogens (tertiary/aromatic N) is 2. The lowest BCUT2D eigenvalue weighted by molar-refractivity contribution is 0.628. The molecule has 0 atom stereocenters. The maximum atomic E-state index is 13.3. The van der Waals surface area contributed by atoms with Gasteiger partial charge in [0.25, 0.3) is 0 Å². The van der Waals surface area contributed by atoms with E-state index in [1.165, 1.54) is 12.1 Å². The molecule has 1 aromatic heterocycles. The topological polar surface area (TPSA) is 43.8 Å². The van der Waals surface area contributed by atoms with Crippen LogP contribution in [0.5, 0.6) is 0 Å². The maximum Gasteiger partial charge on any atom is 0.140 e. The first kappa shape index (κ1) is 11.9. The summed E-state index contributed by atoms with van der Waals surface area (Å²) < 4.78 is 15.3. The molecular formula is C15H14FN3. The van der Waals surface area contributed by atoms with Gasteiger partial charge in [-0.2, -0.15) is 0 Å². The first-order chi connectivity index (χ1) is 9.19. The largest absolute Gasteiger partial charge is 0.327 e. The molecule has 3 aromatic rings. The van der Waals surface area contributed by atoms with E-state index in [0.717, 1.165) is 28.0 Å². The zero-order valence-electron chi connectivity index (χ0n) is 10.6. The van der Waals surface area contributed by atoms with E-state index >= 15 is 0 Å². The molecule has 1 heterocycles. The van der Waals surface area contributed by atoms with Crippen molar-refractivity contribution >= 4 is 11.0 Å². The minimum atomic E-state index is -0.257. The molecule has 96 valence electrons. The Hall–Kier alpha value is -2.20. The van der Waals surface area contributed by atoms with E-state index in [1.54, 1.807) is 6.07 Å². The molecule has 0 fully saturated rings. The van der Waals surface area contributed by atoms with Crippen LogP contribution in [-0.4, -0.2) is 9.55 Å². The van der Waals surface area contributed by atoms with Gasteiger partial charge in [-0.3, -0.25) is 0 Å². The van der Waals surface area contributed by atoms with Gasteiger partial charge in [-0.15, -0.1) is 0 Å². The maximum absolute atomic E-state index is 13.3. The molecule has 3 rings (SSSR count). The number of halogens is 1. The third kappa shape index (κ3) is 2.00. The van der Waals surface area contributed by atoms with E-state index < -0.39 is 0 Å². The Morgan fingerprint density at radius 2 is 2.05 bits per heavy atom. The Morgan fingerprint density at radius 1 is 1.21 bits per heavy atom. The average Bonchev–Trinajstić information content (AvgIpc) is 2.75. The minimum absolute atomic E-state index is 0.257. The van der Waals surface area contributed by atoms with Crippen LogP contribution in [0.4, 0.5) is 4.39 Å². The molecule has 0 saturated carbocycles. The lowest BCUT2D eigenvalue weighted by atomic mass is 10.2. The summed E-state index contributed by atoms with van der Waals surface area (Å²) in [5.41, 5.74) is 9.33. The molecule has 0 spiro atoms. The lowest BCUT2D eigenvalue weighted by Gasteiger charge is -2.02. The number of rotatable bonds is 2. The van der Waals surface area contributed by atoms with Gasteiger partial charge in [0.2, 0.25) is 0 Å². The normalized spacial score (nSPS) is 11.1. The van der Waals surface area contributed by atoms with Crippen molar-refractivity contribution in [2.75, 3.05) is 0 Å². The van der Waals surface area contributed by atoms with Crippen LogP contribution >= 0.6 is 0 Å². The summed E-state index contributed by atoms with van der Waals surface area (Å²) >= 11 is 0.